The van der Waals surface area contributed by atoms with Crippen molar-refractivity contribution in [3.05, 3.63) is 14.5 Å². The molecule has 60 valence electrons. The lowest BCUT2D eigenvalue weighted by molar-refractivity contribution is 0.319. The second-order valence-corrected chi connectivity index (χ2v) is 3.84. The topological polar surface area (TPSA) is 48.4 Å². The van der Waals surface area contributed by atoms with E-state index in [2.05, 4.69) is 10.1 Å². The van der Waals surface area contributed by atoms with E-state index < -0.39 is 0 Å². The van der Waals surface area contributed by atoms with E-state index in [0.29, 0.717) is 9.67 Å². The van der Waals surface area contributed by atoms with Crippen molar-refractivity contribution < 1.29 is 5.21 Å². The maximum atomic E-state index is 8.47. The molecule has 0 aromatic carbocycles. The van der Waals surface area contributed by atoms with Crippen LogP contribution in [0.25, 0.3) is 0 Å². The van der Waals surface area contributed by atoms with Crippen LogP contribution in [0.4, 0.5) is 0 Å². The molecule has 0 aliphatic heterocycles. The Labute approximate surface area is 73.4 Å². The van der Waals surface area contributed by atoms with Crippen molar-refractivity contribution in [3.8, 4) is 0 Å². The Morgan fingerprint density at radius 2 is 2.36 bits per heavy atom. The highest BCUT2D eigenvalue weighted by Gasteiger charge is 2.04. The Balaban J connectivity index is 3.24. The Bertz CT molecular complexity index is 337. The summed E-state index contributed by atoms with van der Waals surface area (Å²) in [4.78, 5) is 3.88. The van der Waals surface area contributed by atoms with Crippen molar-refractivity contribution in [1.29, 1.82) is 0 Å². The molecule has 0 unspecified atom stereocenters. The summed E-state index contributed by atoms with van der Waals surface area (Å²) in [7, 11) is 0. The van der Waals surface area contributed by atoms with Gasteiger partial charge in [0.25, 0.3) is 0 Å². The number of rotatable bonds is 1. The Morgan fingerprint density at radius 3 is 2.73 bits per heavy atom. The van der Waals surface area contributed by atoms with Gasteiger partial charge in [-0.2, -0.15) is 0 Å². The van der Waals surface area contributed by atoms with Gasteiger partial charge in [-0.25, -0.2) is 0 Å². The van der Waals surface area contributed by atoms with Gasteiger partial charge in [0.05, 0.1) is 10.6 Å². The van der Waals surface area contributed by atoms with Gasteiger partial charge in [-0.1, -0.05) is 5.16 Å². The molecule has 3 nitrogen and oxygen atoms in total. The minimum absolute atomic E-state index is 0.597. The van der Waals surface area contributed by atoms with Gasteiger partial charge in [0, 0.05) is 5.69 Å². The first-order valence-electron chi connectivity index (χ1n) is 3.04. The van der Waals surface area contributed by atoms with Crippen LogP contribution in [-0.4, -0.2) is 15.9 Å². The highest BCUT2D eigenvalue weighted by Crippen LogP contribution is 2.14. The monoisotopic (exact) mass is 188 g/mol. The van der Waals surface area contributed by atoms with Crippen molar-refractivity contribution in [2.45, 2.75) is 13.8 Å². The highest BCUT2D eigenvalue weighted by molar-refractivity contribution is 7.73. The molecule has 11 heavy (non-hydrogen) atoms. The number of oxime groups is 1. The van der Waals surface area contributed by atoms with Crippen LogP contribution in [0, 0.1) is 10.9 Å². The number of H-pyrrole nitrogens is 1. The van der Waals surface area contributed by atoms with Crippen LogP contribution in [0.1, 0.15) is 17.5 Å². The molecule has 0 aliphatic rings. The first-order chi connectivity index (χ1) is 5.15. The summed E-state index contributed by atoms with van der Waals surface area (Å²) in [6.07, 6.45) is 0. The average molecular weight is 188 g/mol. The number of hydrogen-bond acceptors (Lipinski definition) is 4. The predicted molar refractivity (Wildman–Crippen MR) is 48.2 cm³/mol. The lowest BCUT2D eigenvalue weighted by Crippen LogP contribution is -1.92. The third-order valence-electron chi connectivity index (χ3n) is 1.30. The van der Waals surface area contributed by atoms with Crippen LogP contribution in [-0.2, 0) is 0 Å². The second-order valence-electron chi connectivity index (χ2n) is 2.15. The smallest absolute Gasteiger partial charge is 0.159 e. The zero-order valence-electron chi connectivity index (χ0n) is 6.21. The first-order valence-corrected chi connectivity index (χ1v) is 4.26. The zero-order valence-corrected chi connectivity index (χ0v) is 7.84. The fraction of sp³-hybridized carbons (Fsp3) is 0.333. The van der Waals surface area contributed by atoms with Gasteiger partial charge < -0.3 is 10.2 Å². The minimum Gasteiger partial charge on any atom is -0.411 e. The summed E-state index contributed by atoms with van der Waals surface area (Å²) in [5, 5.41) is 11.6. The van der Waals surface area contributed by atoms with Crippen LogP contribution in [0.2, 0.25) is 0 Å². The summed E-state index contributed by atoms with van der Waals surface area (Å²) < 4.78 is 0.709. The van der Waals surface area contributed by atoms with Gasteiger partial charge in [-0.3, -0.25) is 0 Å². The summed E-state index contributed by atoms with van der Waals surface area (Å²) in [5.74, 6) is 0. The normalized spacial score (nSPS) is 12.0. The van der Waals surface area contributed by atoms with E-state index in [9.17, 15) is 0 Å². The second kappa shape index (κ2) is 3.15. The van der Waals surface area contributed by atoms with Crippen LogP contribution < -0.4 is 0 Å². The molecule has 0 fully saturated rings. The summed E-state index contributed by atoms with van der Waals surface area (Å²) >= 11 is 6.33. The molecule has 0 aliphatic carbocycles. The van der Waals surface area contributed by atoms with E-state index in [1.165, 1.54) is 11.3 Å². The molecule has 1 heterocycles. The summed E-state index contributed by atoms with van der Waals surface area (Å²) in [6.45, 7) is 3.64. The molecule has 0 bridgehead atoms. The standard InChI is InChI=1S/C6H8N2OS2/c1-3-5(4(2)8-9)11-6(10)7-3/h9H,1-2H3,(H,7,10)/b8-4+. The number of aryl methyl sites for hydroxylation is 1. The minimum atomic E-state index is 0.597. The van der Waals surface area contributed by atoms with Gasteiger partial charge in [-0.05, 0) is 26.1 Å². The molecule has 0 spiro atoms. The lowest BCUT2D eigenvalue weighted by atomic mass is 10.3. The predicted octanol–water partition coefficient (Wildman–Crippen LogP) is 2.31. The molecule has 1 aromatic rings. The Kier molecular flexibility index (Phi) is 2.41. The van der Waals surface area contributed by atoms with Crippen molar-refractivity contribution >= 4 is 29.3 Å². The number of nitrogens with zero attached hydrogens (tertiary/aromatic N) is 1. The van der Waals surface area contributed by atoms with Crippen LogP contribution in [0.5, 0.6) is 0 Å². The first kappa shape index (κ1) is 8.42. The number of aromatic amines is 1. The number of hydrogen-bond donors (Lipinski definition) is 2. The quantitative estimate of drug-likeness (QED) is 0.307. The molecule has 0 saturated heterocycles. The van der Waals surface area contributed by atoms with Crippen molar-refractivity contribution in [2.75, 3.05) is 0 Å². The number of thiazole rings is 1. The fourth-order valence-corrected chi connectivity index (χ4v) is 1.98. The summed E-state index contributed by atoms with van der Waals surface area (Å²) in [5.41, 5.74) is 1.55. The van der Waals surface area contributed by atoms with Crippen LogP contribution in [0.3, 0.4) is 0 Å². The van der Waals surface area contributed by atoms with E-state index in [0.717, 1.165) is 10.6 Å². The highest BCUT2D eigenvalue weighted by atomic mass is 32.1. The van der Waals surface area contributed by atoms with Crippen LogP contribution in [0.15, 0.2) is 5.16 Å². The zero-order chi connectivity index (χ0) is 8.43. The van der Waals surface area contributed by atoms with Gasteiger partial charge in [0.15, 0.2) is 3.95 Å². The molecule has 0 atom stereocenters. The van der Waals surface area contributed by atoms with E-state index in [1.807, 2.05) is 6.92 Å². The Hall–Kier alpha value is -0.680. The Morgan fingerprint density at radius 1 is 1.73 bits per heavy atom. The van der Waals surface area contributed by atoms with Gasteiger partial charge >= 0.3 is 0 Å². The largest absolute Gasteiger partial charge is 0.411 e. The molecule has 2 N–H and O–H groups in total. The molecule has 0 radical (unpaired) electrons. The van der Waals surface area contributed by atoms with Crippen molar-refractivity contribution in [3.63, 3.8) is 0 Å². The molecule has 0 saturated carbocycles. The van der Waals surface area contributed by atoms with E-state index >= 15 is 0 Å². The molecule has 1 rings (SSSR count). The molecular weight excluding hydrogens is 180 g/mol. The molecule has 0 amide bonds. The van der Waals surface area contributed by atoms with Gasteiger partial charge in [0.1, 0.15) is 0 Å². The van der Waals surface area contributed by atoms with E-state index in [1.54, 1.807) is 6.92 Å². The lowest BCUT2D eigenvalue weighted by Gasteiger charge is -1.91. The third kappa shape index (κ3) is 1.66. The van der Waals surface area contributed by atoms with Gasteiger partial charge in [0.2, 0.25) is 0 Å². The summed E-state index contributed by atoms with van der Waals surface area (Å²) in [6, 6.07) is 0. The molecule has 1 aromatic heterocycles. The number of nitrogens with one attached hydrogen (secondary N) is 1. The maximum absolute atomic E-state index is 8.47. The molecule has 5 heteroatoms. The van der Waals surface area contributed by atoms with E-state index in [4.69, 9.17) is 17.4 Å². The van der Waals surface area contributed by atoms with E-state index in [-0.39, 0.29) is 0 Å². The van der Waals surface area contributed by atoms with Crippen LogP contribution >= 0.6 is 23.6 Å². The van der Waals surface area contributed by atoms with Crippen molar-refractivity contribution in [2.24, 2.45) is 5.16 Å². The van der Waals surface area contributed by atoms with Crippen molar-refractivity contribution in [1.82, 2.24) is 4.98 Å². The average Bonchev–Trinajstić information content (AvgIpc) is 2.28. The fourth-order valence-electron chi connectivity index (χ4n) is 0.795. The van der Waals surface area contributed by atoms with Gasteiger partial charge in [-0.15, -0.1) is 11.3 Å². The SMILES string of the molecule is C/C(=N\O)c1sc(=S)[nH]c1C. The maximum Gasteiger partial charge on any atom is 0.159 e. The third-order valence-corrected chi connectivity index (χ3v) is 2.75. The number of aromatic nitrogens is 1. The molecular formula is C6H8N2OS2.